The number of halogens is 1. The number of sulfonamides is 1. The van der Waals surface area contributed by atoms with Crippen molar-refractivity contribution in [3.63, 3.8) is 0 Å². The van der Waals surface area contributed by atoms with E-state index in [0.29, 0.717) is 12.0 Å². The summed E-state index contributed by atoms with van der Waals surface area (Å²) in [6.07, 6.45) is 0.115. The summed E-state index contributed by atoms with van der Waals surface area (Å²) in [5, 5.41) is 16.3. The maximum atomic E-state index is 14.0. The Morgan fingerprint density at radius 3 is 2.49 bits per heavy atom. The summed E-state index contributed by atoms with van der Waals surface area (Å²) in [7, 11) is -4.27. The molecule has 0 saturated heterocycles. The van der Waals surface area contributed by atoms with Crippen LogP contribution in [0.2, 0.25) is 5.02 Å². The fourth-order valence-electron chi connectivity index (χ4n) is 4.54. The summed E-state index contributed by atoms with van der Waals surface area (Å²) in [4.78, 5) is 26.1. The number of rotatable bonds is 7. The second kappa shape index (κ2) is 10.8. The molecular formula is C29H23ClN4O4S. The summed E-state index contributed by atoms with van der Waals surface area (Å²) in [6.45, 7) is 0.277. The third kappa shape index (κ3) is 5.43. The van der Waals surface area contributed by atoms with Crippen LogP contribution in [0.5, 0.6) is 0 Å². The van der Waals surface area contributed by atoms with E-state index >= 15 is 0 Å². The SMILES string of the molecule is N#Cc1ccc(CCNC(=O)C[C@@H]2C(=O)Nc3ccc(Cl)cc3N2S(=O)(=O)c2ccc3ccccc3c2)cc1. The van der Waals surface area contributed by atoms with E-state index in [1.54, 1.807) is 48.5 Å². The highest BCUT2D eigenvalue weighted by Gasteiger charge is 2.42. The third-order valence-electron chi connectivity index (χ3n) is 6.52. The molecule has 0 spiro atoms. The van der Waals surface area contributed by atoms with Crippen LogP contribution in [0, 0.1) is 11.3 Å². The number of benzene rings is 4. The number of anilines is 2. The Morgan fingerprint density at radius 1 is 1.00 bits per heavy atom. The Balaban J connectivity index is 1.43. The molecule has 0 aliphatic carbocycles. The smallest absolute Gasteiger partial charge is 0.265 e. The Hall–Kier alpha value is -4.39. The van der Waals surface area contributed by atoms with Gasteiger partial charge in [-0.05, 0) is 65.2 Å². The van der Waals surface area contributed by atoms with E-state index in [-0.39, 0.29) is 27.8 Å². The summed E-state index contributed by atoms with van der Waals surface area (Å²) in [5.74, 6) is -1.09. The van der Waals surface area contributed by atoms with Crippen molar-refractivity contribution in [2.45, 2.75) is 23.8 Å². The van der Waals surface area contributed by atoms with Gasteiger partial charge in [0, 0.05) is 11.6 Å². The first-order chi connectivity index (χ1) is 18.8. The van der Waals surface area contributed by atoms with Crippen LogP contribution in [0.1, 0.15) is 17.5 Å². The lowest BCUT2D eigenvalue weighted by atomic mass is 10.1. The second-order valence-corrected chi connectivity index (χ2v) is 11.3. The molecule has 8 nitrogen and oxygen atoms in total. The monoisotopic (exact) mass is 558 g/mol. The molecule has 0 aromatic heterocycles. The zero-order valence-corrected chi connectivity index (χ0v) is 22.2. The van der Waals surface area contributed by atoms with Gasteiger partial charge in [-0.1, -0.05) is 54.1 Å². The van der Waals surface area contributed by atoms with Crippen molar-refractivity contribution >= 4 is 55.6 Å². The third-order valence-corrected chi connectivity index (χ3v) is 8.57. The highest BCUT2D eigenvalue weighted by Crippen LogP contribution is 2.39. The molecule has 0 bridgehead atoms. The molecule has 0 fully saturated rings. The van der Waals surface area contributed by atoms with Gasteiger partial charge >= 0.3 is 0 Å². The molecule has 0 unspecified atom stereocenters. The van der Waals surface area contributed by atoms with Crippen LogP contribution < -0.4 is 14.9 Å². The van der Waals surface area contributed by atoms with Crippen LogP contribution in [-0.2, 0) is 26.0 Å². The number of fused-ring (bicyclic) bond motifs is 2. The molecule has 1 aliphatic heterocycles. The molecule has 0 saturated carbocycles. The van der Waals surface area contributed by atoms with Gasteiger partial charge in [0.15, 0.2) is 0 Å². The number of nitrogens with one attached hydrogen (secondary N) is 2. The summed E-state index contributed by atoms with van der Waals surface area (Å²) in [5.41, 5.74) is 1.94. The number of carbonyl (C=O) groups is 2. The van der Waals surface area contributed by atoms with E-state index in [0.717, 1.165) is 20.6 Å². The first-order valence-corrected chi connectivity index (χ1v) is 14.0. The average Bonchev–Trinajstić information content (AvgIpc) is 2.93. The van der Waals surface area contributed by atoms with E-state index < -0.39 is 34.3 Å². The van der Waals surface area contributed by atoms with Crippen molar-refractivity contribution in [3.05, 3.63) is 101 Å². The second-order valence-electron chi connectivity index (χ2n) is 9.09. The molecule has 4 aromatic carbocycles. The van der Waals surface area contributed by atoms with Gasteiger partial charge in [-0.15, -0.1) is 0 Å². The lowest BCUT2D eigenvalue weighted by molar-refractivity contribution is -0.125. The van der Waals surface area contributed by atoms with Crippen LogP contribution in [0.3, 0.4) is 0 Å². The highest BCUT2D eigenvalue weighted by atomic mass is 35.5. The summed E-state index contributed by atoms with van der Waals surface area (Å²) >= 11 is 6.22. The molecule has 1 aliphatic rings. The maximum Gasteiger partial charge on any atom is 0.265 e. The molecule has 39 heavy (non-hydrogen) atoms. The molecular weight excluding hydrogens is 536 g/mol. The van der Waals surface area contributed by atoms with Crippen LogP contribution >= 0.6 is 11.6 Å². The number of carbonyl (C=O) groups excluding carboxylic acids is 2. The number of amides is 2. The van der Waals surface area contributed by atoms with E-state index in [2.05, 4.69) is 16.7 Å². The lowest BCUT2D eigenvalue weighted by Gasteiger charge is -2.36. The van der Waals surface area contributed by atoms with Crippen molar-refractivity contribution in [2.75, 3.05) is 16.2 Å². The number of hydrogen-bond donors (Lipinski definition) is 2. The van der Waals surface area contributed by atoms with Gasteiger partial charge in [-0.25, -0.2) is 8.42 Å². The minimum atomic E-state index is -4.27. The van der Waals surface area contributed by atoms with Gasteiger partial charge in [-0.2, -0.15) is 5.26 Å². The molecule has 196 valence electrons. The topological polar surface area (TPSA) is 119 Å². The predicted octanol–water partition coefficient (Wildman–Crippen LogP) is 4.63. The molecule has 0 radical (unpaired) electrons. The minimum absolute atomic E-state index is 0.00644. The average molecular weight is 559 g/mol. The van der Waals surface area contributed by atoms with Gasteiger partial charge < -0.3 is 10.6 Å². The minimum Gasteiger partial charge on any atom is -0.356 e. The van der Waals surface area contributed by atoms with Gasteiger partial charge in [0.2, 0.25) is 11.8 Å². The van der Waals surface area contributed by atoms with Crippen molar-refractivity contribution in [2.24, 2.45) is 0 Å². The molecule has 10 heteroatoms. The Labute approximate surface area is 230 Å². The molecule has 1 heterocycles. The lowest BCUT2D eigenvalue weighted by Crippen LogP contribution is -2.52. The molecule has 2 N–H and O–H groups in total. The van der Waals surface area contributed by atoms with Crippen molar-refractivity contribution in [1.82, 2.24) is 5.32 Å². The first kappa shape index (κ1) is 26.2. The van der Waals surface area contributed by atoms with Crippen LogP contribution in [0.4, 0.5) is 11.4 Å². The Bertz CT molecular complexity index is 1730. The number of hydrogen-bond acceptors (Lipinski definition) is 5. The largest absolute Gasteiger partial charge is 0.356 e. The molecule has 5 rings (SSSR count). The molecule has 1 atom stereocenters. The van der Waals surface area contributed by atoms with Crippen LogP contribution in [0.15, 0.2) is 89.8 Å². The van der Waals surface area contributed by atoms with Gasteiger partial charge in [0.05, 0.1) is 34.3 Å². The molecule has 4 aromatic rings. The predicted molar refractivity (Wildman–Crippen MR) is 150 cm³/mol. The quantitative estimate of drug-likeness (QED) is 0.343. The number of nitriles is 1. The highest BCUT2D eigenvalue weighted by molar-refractivity contribution is 7.93. The fourth-order valence-corrected chi connectivity index (χ4v) is 6.36. The van der Waals surface area contributed by atoms with Crippen molar-refractivity contribution < 1.29 is 18.0 Å². The van der Waals surface area contributed by atoms with E-state index in [9.17, 15) is 18.0 Å². The van der Waals surface area contributed by atoms with Crippen molar-refractivity contribution in [1.29, 1.82) is 5.26 Å². The van der Waals surface area contributed by atoms with Gasteiger partial charge in [0.1, 0.15) is 6.04 Å². The van der Waals surface area contributed by atoms with E-state index in [4.69, 9.17) is 16.9 Å². The van der Waals surface area contributed by atoms with E-state index in [1.165, 1.54) is 18.2 Å². The normalized spacial score (nSPS) is 14.8. The van der Waals surface area contributed by atoms with Gasteiger partial charge in [0.25, 0.3) is 10.0 Å². The van der Waals surface area contributed by atoms with E-state index in [1.807, 2.05) is 18.2 Å². The Morgan fingerprint density at radius 2 is 1.74 bits per heavy atom. The Kier molecular flexibility index (Phi) is 7.24. The zero-order valence-electron chi connectivity index (χ0n) is 20.6. The first-order valence-electron chi connectivity index (χ1n) is 12.2. The number of nitrogens with zero attached hydrogens (tertiary/aromatic N) is 2. The zero-order chi connectivity index (χ0) is 27.6. The van der Waals surface area contributed by atoms with Crippen molar-refractivity contribution in [3.8, 4) is 6.07 Å². The maximum absolute atomic E-state index is 14.0. The molecule has 2 amide bonds. The summed E-state index contributed by atoms with van der Waals surface area (Å²) in [6, 6.07) is 24.4. The van der Waals surface area contributed by atoms with Gasteiger partial charge in [-0.3, -0.25) is 13.9 Å². The van der Waals surface area contributed by atoms with Crippen LogP contribution in [-0.4, -0.2) is 32.8 Å². The standard InChI is InChI=1S/C29H23ClN4O4S/c30-23-10-12-25-26(16-23)34(39(37,38)24-11-9-21-3-1-2-4-22(21)15-24)27(29(36)33-25)17-28(35)32-14-13-19-5-7-20(18-31)8-6-19/h1-12,15-16,27H,13-14,17H2,(H,32,35)(H,33,36)/t27-/m1/s1. The summed E-state index contributed by atoms with van der Waals surface area (Å²) < 4.78 is 29.1. The van der Waals surface area contributed by atoms with Crippen LogP contribution in [0.25, 0.3) is 10.8 Å². The fraction of sp³-hybridized carbons (Fsp3) is 0.138.